The number of aryl methyl sites for hydroxylation is 1. The van der Waals surface area contributed by atoms with Crippen molar-refractivity contribution in [2.45, 2.75) is 45.5 Å². The van der Waals surface area contributed by atoms with Crippen molar-refractivity contribution in [3.63, 3.8) is 0 Å². The Morgan fingerprint density at radius 2 is 1.88 bits per heavy atom. The number of hydrogen-bond acceptors (Lipinski definition) is 9. The second-order valence-corrected chi connectivity index (χ2v) is 9.38. The molecule has 1 unspecified atom stereocenters. The van der Waals surface area contributed by atoms with Gasteiger partial charge in [-0.05, 0) is 58.0 Å². The first kappa shape index (κ1) is 25.6. The lowest BCUT2D eigenvalue weighted by molar-refractivity contribution is -0.113. The van der Waals surface area contributed by atoms with Crippen molar-refractivity contribution >= 4 is 40.0 Å². The summed E-state index contributed by atoms with van der Waals surface area (Å²) in [6, 6.07) is 9.04. The van der Waals surface area contributed by atoms with Gasteiger partial charge in [-0.1, -0.05) is 11.8 Å². The summed E-state index contributed by atoms with van der Waals surface area (Å²) < 4.78 is 18.2. The molecule has 2 aromatic heterocycles. The maximum absolute atomic E-state index is 12.6. The van der Waals surface area contributed by atoms with Crippen LogP contribution >= 0.6 is 23.1 Å². The Kier molecular flexibility index (Phi) is 8.94. The Hall–Kier alpha value is -3.05. The van der Waals surface area contributed by atoms with E-state index in [1.165, 1.54) is 23.1 Å². The van der Waals surface area contributed by atoms with E-state index in [1.807, 2.05) is 49.6 Å². The predicted molar refractivity (Wildman–Crippen MR) is 132 cm³/mol. The Bertz CT molecular complexity index is 1130. The van der Waals surface area contributed by atoms with Crippen molar-refractivity contribution < 1.29 is 23.8 Å². The number of aromatic nitrogens is 3. The molecular weight excluding hydrogens is 476 g/mol. The molecule has 34 heavy (non-hydrogen) atoms. The number of nitrogens with one attached hydrogen (secondary N) is 1. The molecule has 0 saturated heterocycles. The number of benzene rings is 1. The van der Waals surface area contributed by atoms with Crippen LogP contribution in [0.2, 0.25) is 0 Å². The average Bonchev–Trinajstić information content (AvgIpc) is 3.41. The van der Waals surface area contributed by atoms with E-state index < -0.39 is 5.97 Å². The molecule has 0 fully saturated rings. The zero-order chi connectivity index (χ0) is 24.7. The van der Waals surface area contributed by atoms with Crippen molar-refractivity contribution in [1.82, 2.24) is 14.8 Å². The third-order valence-corrected chi connectivity index (χ3v) is 6.67. The molecule has 2 heterocycles. The maximum Gasteiger partial charge on any atom is 0.341 e. The molecule has 0 radical (unpaired) electrons. The van der Waals surface area contributed by atoms with E-state index in [2.05, 4.69) is 15.5 Å². The van der Waals surface area contributed by atoms with Crippen LogP contribution in [0.15, 0.2) is 35.5 Å². The minimum atomic E-state index is -0.448. The van der Waals surface area contributed by atoms with Gasteiger partial charge in [0.2, 0.25) is 5.91 Å². The van der Waals surface area contributed by atoms with Crippen LogP contribution in [0.4, 0.5) is 5.00 Å². The lowest BCUT2D eigenvalue weighted by Crippen LogP contribution is -2.16. The quantitative estimate of drug-likeness (QED) is 0.295. The fraction of sp³-hybridized carbons (Fsp3) is 0.391. The highest BCUT2D eigenvalue weighted by atomic mass is 32.2. The van der Waals surface area contributed by atoms with Crippen LogP contribution in [-0.2, 0) is 16.1 Å². The second kappa shape index (κ2) is 11.9. The van der Waals surface area contributed by atoms with Crippen LogP contribution in [0.3, 0.4) is 0 Å². The monoisotopic (exact) mass is 504 g/mol. The summed E-state index contributed by atoms with van der Waals surface area (Å²) in [5.74, 6) is 1.53. The van der Waals surface area contributed by atoms with Gasteiger partial charge in [0.25, 0.3) is 0 Å². The summed E-state index contributed by atoms with van der Waals surface area (Å²) in [6.07, 6.45) is -0.342. The van der Waals surface area contributed by atoms with E-state index in [0.717, 1.165) is 10.6 Å². The van der Waals surface area contributed by atoms with Gasteiger partial charge in [-0.3, -0.25) is 4.79 Å². The van der Waals surface area contributed by atoms with E-state index in [1.54, 1.807) is 20.1 Å². The first-order valence-electron chi connectivity index (χ1n) is 10.8. The first-order valence-corrected chi connectivity index (χ1v) is 12.6. The smallest absolute Gasteiger partial charge is 0.341 e. The average molecular weight is 505 g/mol. The van der Waals surface area contributed by atoms with Gasteiger partial charge in [-0.2, -0.15) is 0 Å². The molecule has 0 aliphatic heterocycles. The van der Waals surface area contributed by atoms with Crippen molar-refractivity contribution in [3.8, 4) is 11.5 Å². The van der Waals surface area contributed by atoms with Gasteiger partial charge in [-0.15, -0.1) is 21.5 Å². The predicted octanol–water partition coefficient (Wildman–Crippen LogP) is 4.72. The molecule has 0 spiro atoms. The standard InChI is InChI=1S/C23H28N4O5S2/c1-6-27-20(15(4)32-17-10-8-16(30-5)9-11-17)25-26-23(27)33-13-19(28)24-21-18(12-14(3)34-21)22(29)31-7-2/h8-12,15H,6-7,13H2,1-5H3,(H,24,28). The molecule has 0 aliphatic rings. The third kappa shape index (κ3) is 6.29. The molecule has 0 aliphatic carbocycles. The SMILES string of the molecule is CCOC(=O)c1cc(C)sc1NC(=O)CSc1nnc(C(C)Oc2ccc(OC)cc2)n1CC. The molecule has 1 atom stereocenters. The second-order valence-electron chi connectivity index (χ2n) is 7.18. The third-order valence-electron chi connectivity index (χ3n) is 4.73. The van der Waals surface area contributed by atoms with Gasteiger partial charge in [0.05, 0.1) is 25.0 Å². The number of hydrogen-bond donors (Lipinski definition) is 1. The van der Waals surface area contributed by atoms with Crippen molar-refractivity contribution in [2.24, 2.45) is 0 Å². The van der Waals surface area contributed by atoms with Crippen molar-refractivity contribution in [2.75, 3.05) is 24.8 Å². The molecule has 1 N–H and O–H groups in total. The number of nitrogens with zero attached hydrogens (tertiary/aromatic N) is 3. The number of carbonyl (C=O) groups is 2. The van der Waals surface area contributed by atoms with E-state index >= 15 is 0 Å². The highest BCUT2D eigenvalue weighted by Gasteiger charge is 2.21. The number of thiophene rings is 1. The summed E-state index contributed by atoms with van der Waals surface area (Å²) in [5.41, 5.74) is 0.367. The minimum absolute atomic E-state index is 0.116. The first-order chi connectivity index (χ1) is 16.4. The molecule has 1 amide bonds. The summed E-state index contributed by atoms with van der Waals surface area (Å²) in [7, 11) is 1.61. The zero-order valence-corrected chi connectivity index (χ0v) is 21.4. The van der Waals surface area contributed by atoms with Gasteiger partial charge < -0.3 is 24.1 Å². The van der Waals surface area contributed by atoms with Crippen molar-refractivity contribution in [1.29, 1.82) is 0 Å². The van der Waals surface area contributed by atoms with Crippen molar-refractivity contribution in [3.05, 3.63) is 46.6 Å². The molecule has 1 aromatic carbocycles. The highest BCUT2D eigenvalue weighted by molar-refractivity contribution is 7.99. The molecule has 182 valence electrons. The maximum atomic E-state index is 12.6. The summed E-state index contributed by atoms with van der Waals surface area (Å²) in [5, 5.41) is 12.5. The van der Waals surface area contributed by atoms with Crippen LogP contribution in [-0.4, -0.2) is 46.1 Å². The lowest BCUT2D eigenvalue weighted by Gasteiger charge is -2.15. The molecule has 0 bridgehead atoms. The van der Waals surface area contributed by atoms with Gasteiger partial charge in [0, 0.05) is 11.4 Å². The Morgan fingerprint density at radius 1 is 1.18 bits per heavy atom. The highest BCUT2D eigenvalue weighted by Crippen LogP contribution is 2.29. The fourth-order valence-electron chi connectivity index (χ4n) is 3.18. The number of methoxy groups -OCH3 is 1. The number of thioether (sulfide) groups is 1. The number of ether oxygens (including phenoxy) is 3. The van der Waals surface area contributed by atoms with E-state index in [-0.39, 0.29) is 24.4 Å². The Morgan fingerprint density at radius 3 is 2.53 bits per heavy atom. The van der Waals surface area contributed by atoms with Gasteiger partial charge in [0.1, 0.15) is 16.5 Å². The van der Waals surface area contributed by atoms with E-state index in [4.69, 9.17) is 14.2 Å². The van der Waals surface area contributed by atoms with Crippen LogP contribution in [0.25, 0.3) is 0 Å². The van der Waals surface area contributed by atoms with Crippen LogP contribution in [0.5, 0.6) is 11.5 Å². The topological polar surface area (TPSA) is 105 Å². The van der Waals surface area contributed by atoms with Gasteiger partial charge in [0.15, 0.2) is 17.1 Å². The van der Waals surface area contributed by atoms with Crippen LogP contribution in [0, 0.1) is 6.92 Å². The van der Waals surface area contributed by atoms with E-state index in [9.17, 15) is 9.59 Å². The van der Waals surface area contributed by atoms with Crippen LogP contribution in [0.1, 0.15) is 47.9 Å². The molecule has 3 rings (SSSR count). The van der Waals surface area contributed by atoms with Crippen LogP contribution < -0.4 is 14.8 Å². The summed E-state index contributed by atoms with van der Waals surface area (Å²) >= 11 is 2.61. The Labute approximate surface area is 206 Å². The summed E-state index contributed by atoms with van der Waals surface area (Å²) in [4.78, 5) is 25.6. The van der Waals surface area contributed by atoms with E-state index in [0.29, 0.717) is 33.8 Å². The normalized spacial score (nSPS) is 11.7. The number of anilines is 1. The molecule has 0 saturated carbocycles. The number of carbonyl (C=O) groups excluding carboxylic acids is 2. The molecule has 11 heteroatoms. The largest absolute Gasteiger partial charge is 0.497 e. The van der Waals surface area contributed by atoms with Gasteiger partial charge in [-0.25, -0.2) is 4.79 Å². The zero-order valence-electron chi connectivity index (χ0n) is 19.8. The Balaban J connectivity index is 1.63. The fourth-order valence-corrected chi connectivity index (χ4v) is 4.90. The molecule has 3 aromatic rings. The molecular formula is C23H28N4O5S2. The number of esters is 1. The number of amides is 1. The lowest BCUT2D eigenvalue weighted by atomic mass is 10.3. The minimum Gasteiger partial charge on any atom is -0.497 e. The number of rotatable bonds is 11. The molecule has 9 nitrogen and oxygen atoms in total. The van der Waals surface area contributed by atoms with Gasteiger partial charge >= 0.3 is 5.97 Å². The summed E-state index contributed by atoms with van der Waals surface area (Å²) in [6.45, 7) is 8.40.